The molecule has 78 valence electrons. The number of nitrogens with two attached hydrogens (primary N) is 1. The number of hydrogen-bond acceptors (Lipinski definition) is 5. The Morgan fingerprint density at radius 3 is 3.00 bits per heavy atom. The number of anilines is 1. The van der Waals surface area contributed by atoms with Gasteiger partial charge in [-0.2, -0.15) is 15.4 Å². The third kappa shape index (κ3) is 2.10. The maximum atomic E-state index is 9.78. The average molecular weight is 205 g/mol. The van der Waals surface area contributed by atoms with Gasteiger partial charge in [0.2, 0.25) is 0 Å². The van der Waals surface area contributed by atoms with Crippen LogP contribution in [0.5, 0.6) is 0 Å². The van der Waals surface area contributed by atoms with E-state index in [1.54, 1.807) is 18.5 Å². The number of aliphatic hydroxyl groups excluding tert-OH is 1. The van der Waals surface area contributed by atoms with E-state index in [4.69, 9.17) is 5.73 Å². The predicted octanol–water partition coefficient (Wildman–Crippen LogP) is 0.0580. The van der Waals surface area contributed by atoms with Gasteiger partial charge in [-0.15, -0.1) is 0 Å². The van der Waals surface area contributed by atoms with Crippen molar-refractivity contribution in [2.45, 2.75) is 12.5 Å². The summed E-state index contributed by atoms with van der Waals surface area (Å²) in [5, 5.41) is 19.6. The van der Waals surface area contributed by atoms with Gasteiger partial charge in [-0.1, -0.05) is 0 Å². The zero-order valence-electron chi connectivity index (χ0n) is 7.96. The summed E-state index contributed by atoms with van der Waals surface area (Å²) in [6.45, 7) is 0. The first-order chi connectivity index (χ1) is 7.27. The molecule has 1 atom stereocenters. The Morgan fingerprint density at radius 2 is 2.33 bits per heavy atom. The Kier molecular flexibility index (Phi) is 2.59. The van der Waals surface area contributed by atoms with Crippen molar-refractivity contribution >= 4 is 5.69 Å². The predicted molar refractivity (Wildman–Crippen MR) is 53.7 cm³/mol. The zero-order chi connectivity index (χ0) is 10.7. The van der Waals surface area contributed by atoms with Gasteiger partial charge in [0, 0.05) is 24.5 Å². The fourth-order valence-electron chi connectivity index (χ4n) is 1.29. The van der Waals surface area contributed by atoms with Crippen LogP contribution in [0.15, 0.2) is 24.7 Å². The first kappa shape index (κ1) is 9.60. The number of H-pyrrole nitrogens is 1. The van der Waals surface area contributed by atoms with Crippen molar-refractivity contribution < 1.29 is 5.11 Å². The number of pyridine rings is 1. The number of hydrogen-bond donors (Lipinski definition) is 3. The Bertz CT molecular complexity index is 428. The summed E-state index contributed by atoms with van der Waals surface area (Å²) in [7, 11) is 0. The highest BCUT2D eigenvalue weighted by molar-refractivity contribution is 5.44. The van der Waals surface area contributed by atoms with E-state index in [1.807, 2.05) is 0 Å². The van der Waals surface area contributed by atoms with Crippen molar-refractivity contribution in [3.63, 3.8) is 0 Å². The van der Waals surface area contributed by atoms with Crippen molar-refractivity contribution in [2.75, 3.05) is 5.73 Å². The molecular formula is C9H11N5O. The topological polar surface area (TPSA) is 101 Å². The summed E-state index contributed by atoms with van der Waals surface area (Å²) in [5.74, 6) is 0. The molecule has 0 bridgehead atoms. The molecule has 15 heavy (non-hydrogen) atoms. The fraction of sp³-hybridized carbons (Fsp3) is 0.222. The number of aromatic amines is 1. The minimum absolute atomic E-state index is 0.381. The van der Waals surface area contributed by atoms with Gasteiger partial charge in [0.25, 0.3) is 0 Å². The molecule has 2 rings (SSSR count). The van der Waals surface area contributed by atoms with Crippen LogP contribution >= 0.6 is 0 Å². The highest BCUT2D eigenvalue weighted by Crippen LogP contribution is 2.18. The number of nitrogens with one attached hydrogen (secondary N) is 1. The summed E-state index contributed by atoms with van der Waals surface area (Å²) in [6.07, 6.45) is 4.40. The van der Waals surface area contributed by atoms with E-state index < -0.39 is 6.10 Å². The van der Waals surface area contributed by atoms with Crippen molar-refractivity contribution in [1.82, 2.24) is 20.4 Å². The van der Waals surface area contributed by atoms with Gasteiger partial charge >= 0.3 is 0 Å². The van der Waals surface area contributed by atoms with Crippen LogP contribution in [0.4, 0.5) is 5.69 Å². The third-order valence-electron chi connectivity index (χ3n) is 2.13. The lowest BCUT2D eigenvalue weighted by Crippen LogP contribution is -2.05. The zero-order valence-corrected chi connectivity index (χ0v) is 7.96. The fourth-order valence-corrected chi connectivity index (χ4v) is 1.29. The SMILES string of the molecule is Nc1ccncc1CC(O)c1cn[nH]n1. The standard InChI is InChI=1S/C9H11N5O/c10-7-1-2-11-4-6(7)3-9(15)8-5-12-14-13-8/h1-2,4-5,9,15H,3H2,(H2,10,11)(H,12,13,14). The Balaban J connectivity index is 2.13. The Labute approximate surface area is 86.2 Å². The monoisotopic (exact) mass is 205 g/mol. The molecule has 2 heterocycles. The second kappa shape index (κ2) is 4.05. The minimum Gasteiger partial charge on any atom is -0.398 e. The maximum Gasteiger partial charge on any atom is 0.111 e. The Hall–Kier alpha value is -1.95. The molecule has 1 unspecified atom stereocenters. The smallest absolute Gasteiger partial charge is 0.111 e. The van der Waals surface area contributed by atoms with E-state index in [9.17, 15) is 5.11 Å². The molecule has 0 saturated carbocycles. The Morgan fingerprint density at radius 1 is 1.47 bits per heavy atom. The van der Waals surface area contributed by atoms with Crippen LogP contribution in [-0.4, -0.2) is 25.5 Å². The second-order valence-electron chi connectivity index (χ2n) is 3.19. The largest absolute Gasteiger partial charge is 0.398 e. The van der Waals surface area contributed by atoms with Crippen LogP contribution in [0, 0.1) is 0 Å². The van der Waals surface area contributed by atoms with Crippen LogP contribution in [0.2, 0.25) is 0 Å². The van der Waals surface area contributed by atoms with Crippen LogP contribution < -0.4 is 5.73 Å². The van der Waals surface area contributed by atoms with Crippen molar-refractivity contribution in [1.29, 1.82) is 0 Å². The lowest BCUT2D eigenvalue weighted by atomic mass is 10.1. The molecule has 0 aliphatic rings. The summed E-state index contributed by atoms with van der Waals surface area (Å²) in [6, 6.07) is 1.70. The van der Waals surface area contributed by atoms with Gasteiger partial charge in [-0.05, 0) is 11.6 Å². The molecule has 4 N–H and O–H groups in total. The van der Waals surface area contributed by atoms with Gasteiger partial charge in [0.05, 0.1) is 6.20 Å². The van der Waals surface area contributed by atoms with Crippen LogP contribution in [0.1, 0.15) is 17.4 Å². The van der Waals surface area contributed by atoms with E-state index in [0.29, 0.717) is 17.8 Å². The molecule has 0 aromatic carbocycles. The normalized spacial score (nSPS) is 12.6. The van der Waals surface area contributed by atoms with E-state index in [2.05, 4.69) is 20.4 Å². The molecule has 0 saturated heterocycles. The van der Waals surface area contributed by atoms with E-state index >= 15 is 0 Å². The van der Waals surface area contributed by atoms with Crippen molar-refractivity contribution in [3.05, 3.63) is 35.9 Å². The highest BCUT2D eigenvalue weighted by atomic mass is 16.3. The molecule has 6 heteroatoms. The molecule has 2 aromatic rings. The molecular weight excluding hydrogens is 194 g/mol. The van der Waals surface area contributed by atoms with Crippen LogP contribution in [0.25, 0.3) is 0 Å². The third-order valence-corrected chi connectivity index (χ3v) is 2.13. The molecule has 6 nitrogen and oxygen atoms in total. The molecule has 0 spiro atoms. The van der Waals surface area contributed by atoms with E-state index in [-0.39, 0.29) is 0 Å². The number of aromatic nitrogens is 4. The maximum absolute atomic E-state index is 9.78. The second-order valence-corrected chi connectivity index (χ2v) is 3.19. The van der Waals surface area contributed by atoms with E-state index in [1.165, 1.54) is 6.20 Å². The lowest BCUT2D eigenvalue weighted by Gasteiger charge is -2.08. The van der Waals surface area contributed by atoms with Gasteiger partial charge in [0.1, 0.15) is 11.8 Å². The minimum atomic E-state index is -0.713. The quantitative estimate of drug-likeness (QED) is 0.657. The summed E-state index contributed by atoms with van der Waals surface area (Å²) >= 11 is 0. The first-order valence-electron chi connectivity index (χ1n) is 4.49. The van der Waals surface area contributed by atoms with Crippen molar-refractivity contribution in [3.8, 4) is 0 Å². The highest BCUT2D eigenvalue weighted by Gasteiger charge is 2.12. The van der Waals surface area contributed by atoms with Crippen molar-refractivity contribution in [2.24, 2.45) is 0 Å². The molecule has 0 fully saturated rings. The number of nitrogens with zero attached hydrogens (tertiary/aromatic N) is 3. The number of nitrogen functional groups attached to an aromatic ring is 1. The summed E-state index contributed by atoms with van der Waals surface area (Å²) in [5.41, 5.74) is 7.64. The van der Waals surface area contributed by atoms with Gasteiger partial charge in [0.15, 0.2) is 0 Å². The number of rotatable bonds is 3. The molecule has 0 aliphatic heterocycles. The van der Waals surface area contributed by atoms with E-state index in [0.717, 1.165) is 5.56 Å². The summed E-state index contributed by atoms with van der Waals surface area (Å²) < 4.78 is 0. The number of aliphatic hydroxyl groups is 1. The van der Waals surface area contributed by atoms with Crippen LogP contribution in [-0.2, 0) is 6.42 Å². The first-order valence-corrected chi connectivity index (χ1v) is 4.49. The molecule has 0 aliphatic carbocycles. The van der Waals surface area contributed by atoms with Gasteiger partial charge in [-0.25, -0.2) is 0 Å². The molecule has 0 radical (unpaired) electrons. The van der Waals surface area contributed by atoms with Crippen LogP contribution in [0.3, 0.4) is 0 Å². The average Bonchev–Trinajstić information content (AvgIpc) is 2.74. The molecule has 2 aromatic heterocycles. The summed E-state index contributed by atoms with van der Waals surface area (Å²) in [4.78, 5) is 3.94. The molecule has 0 amide bonds. The lowest BCUT2D eigenvalue weighted by molar-refractivity contribution is 0.173. The van der Waals surface area contributed by atoms with Gasteiger partial charge in [-0.3, -0.25) is 4.98 Å². The van der Waals surface area contributed by atoms with Gasteiger partial charge < -0.3 is 10.8 Å².